The van der Waals surface area contributed by atoms with Gasteiger partial charge in [0.15, 0.2) is 0 Å². The highest BCUT2D eigenvalue weighted by molar-refractivity contribution is 6.07. The van der Waals surface area contributed by atoms with Crippen molar-refractivity contribution in [3.8, 4) is 0 Å². The molecule has 2 amide bonds. The Hall–Kier alpha value is -1.16. The van der Waals surface area contributed by atoms with Gasteiger partial charge in [-0.05, 0) is 17.3 Å². The summed E-state index contributed by atoms with van der Waals surface area (Å²) in [4.78, 5) is 25.8. The van der Waals surface area contributed by atoms with Gasteiger partial charge >= 0.3 is 0 Å². The SMILES string of the molecule is C[C@]12C=C[C@](C)(C1)[C@@H]1C(=O)N(CCO)C(=O)[C@@H]12. The maximum absolute atomic E-state index is 12.3. The summed E-state index contributed by atoms with van der Waals surface area (Å²) >= 11 is 0. The van der Waals surface area contributed by atoms with E-state index in [4.69, 9.17) is 5.11 Å². The first-order valence-corrected chi connectivity index (χ1v) is 6.09. The maximum Gasteiger partial charge on any atom is 0.234 e. The highest BCUT2D eigenvalue weighted by Gasteiger charge is 2.68. The van der Waals surface area contributed by atoms with Crippen molar-refractivity contribution >= 4 is 11.8 Å². The van der Waals surface area contributed by atoms with Crippen LogP contribution < -0.4 is 0 Å². The molecule has 1 aliphatic heterocycles. The number of hydrogen-bond donors (Lipinski definition) is 1. The molecular formula is C13H17NO3. The quantitative estimate of drug-likeness (QED) is 0.562. The Labute approximate surface area is 100 Å². The number of aliphatic hydroxyl groups excluding tert-OH is 1. The fraction of sp³-hybridized carbons (Fsp3) is 0.692. The van der Waals surface area contributed by atoms with Crippen LogP contribution in [-0.4, -0.2) is 35.0 Å². The maximum atomic E-state index is 12.3. The van der Waals surface area contributed by atoms with Crippen LogP contribution in [-0.2, 0) is 9.59 Å². The van der Waals surface area contributed by atoms with Crippen LogP contribution in [0.3, 0.4) is 0 Å². The first kappa shape index (κ1) is 11.0. The topological polar surface area (TPSA) is 57.6 Å². The summed E-state index contributed by atoms with van der Waals surface area (Å²) in [6, 6.07) is 0. The average molecular weight is 235 g/mol. The second-order valence-electron chi connectivity index (χ2n) is 6.03. The van der Waals surface area contributed by atoms with E-state index in [0.29, 0.717) is 0 Å². The zero-order valence-electron chi connectivity index (χ0n) is 10.1. The number of likely N-dealkylation sites (tertiary alicyclic amines) is 1. The zero-order valence-corrected chi connectivity index (χ0v) is 10.1. The van der Waals surface area contributed by atoms with Gasteiger partial charge in [0.2, 0.25) is 11.8 Å². The number of imide groups is 1. The molecule has 4 atom stereocenters. The van der Waals surface area contributed by atoms with Crippen LogP contribution in [0.5, 0.6) is 0 Å². The Morgan fingerprint density at radius 2 is 1.71 bits per heavy atom. The van der Waals surface area contributed by atoms with Gasteiger partial charge in [-0.15, -0.1) is 0 Å². The average Bonchev–Trinajstić information content (AvgIpc) is 2.78. The van der Waals surface area contributed by atoms with E-state index in [1.54, 1.807) is 0 Å². The third kappa shape index (κ3) is 1.12. The van der Waals surface area contributed by atoms with Crippen molar-refractivity contribution in [3.63, 3.8) is 0 Å². The number of carbonyl (C=O) groups excluding carboxylic acids is 2. The van der Waals surface area contributed by atoms with Crippen molar-refractivity contribution in [1.29, 1.82) is 0 Å². The van der Waals surface area contributed by atoms with Crippen molar-refractivity contribution in [3.05, 3.63) is 12.2 Å². The molecular weight excluding hydrogens is 218 g/mol. The number of fused-ring (bicyclic) bond motifs is 5. The van der Waals surface area contributed by atoms with Gasteiger partial charge in [-0.25, -0.2) is 0 Å². The fourth-order valence-electron chi connectivity index (χ4n) is 4.12. The summed E-state index contributed by atoms with van der Waals surface area (Å²) in [7, 11) is 0. The molecule has 0 aromatic heterocycles. The number of β-amino-alcohol motifs (C(OH)–C–C–N with tert-alkyl or cyclic N) is 1. The Morgan fingerprint density at radius 3 is 2.12 bits per heavy atom. The summed E-state index contributed by atoms with van der Waals surface area (Å²) in [6.45, 7) is 4.11. The molecule has 0 aromatic rings. The summed E-state index contributed by atoms with van der Waals surface area (Å²) in [5.41, 5.74) is -0.341. The minimum Gasteiger partial charge on any atom is -0.395 e. The molecule has 0 spiro atoms. The second-order valence-corrected chi connectivity index (χ2v) is 6.03. The Balaban J connectivity index is 2.04. The van der Waals surface area contributed by atoms with Gasteiger partial charge in [0.1, 0.15) is 0 Å². The highest BCUT2D eigenvalue weighted by atomic mass is 16.3. The lowest BCUT2D eigenvalue weighted by molar-refractivity contribution is -0.142. The highest BCUT2D eigenvalue weighted by Crippen LogP contribution is 2.65. The first-order chi connectivity index (χ1) is 7.93. The standard InChI is InChI=1S/C13H17NO3/c1-12-3-4-13(2,7-12)9-8(12)10(16)14(5-6-15)11(9)17/h3-4,8-9,15H,5-7H2,1-2H3/t8-,9+,12+,13-. The lowest BCUT2D eigenvalue weighted by Gasteiger charge is -2.26. The van der Waals surface area contributed by atoms with E-state index in [1.165, 1.54) is 4.90 Å². The molecule has 0 radical (unpaired) electrons. The largest absolute Gasteiger partial charge is 0.395 e. The van der Waals surface area contributed by atoms with Crippen LogP contribution in [0.4, 0.5) is 0 Å². The minimum atomic E-state index is -0.212. The summed E-state index contributed by atoms with van der Waals surface area (Å²) in [6.07, 6.45) is 5.09. The van der Waals surface area contributed by atoms with Crippen molar-refractivity contribution in [2.24, 2.45) is 22.7 Å². The van der Waals surface area contributed by atoms with E-state index < -0.39 is 0 Å². The molecule has 2 bridgehead atoms. The van der Waals surface area contributed by atoms with Crippen LogP contribution in [0.25, 0.3) is 0 Å². The molecule has 2 aliphatic carbocycles. The summed E-state index contributed by atoms with van der Waals surface area (Å²) in [5, 5.41) is 8.94. The Morgan fingerprint density at radius 1 is 1.24 bits per heavy atom. The van der Waals surface area contributed by atoms with Crippen LogP contribution in [0.15, 0.2) is 12.2 Å². The van der Waals surface area contributed by atoms with Crippen LogP contribution >= 0.6 is 0 Å². The van der Waals surface area contributed by atoms with Gasteiger partial charge in [-0.3, -0.25) is 14.5 Å². The summed E-state index contributed by atoms with van der Waals surface area (Å²) in [5.74, 6) is -0.609. The molecule has 17 heavy (non-hydrogen) atoms. The fourth-order valence-corrected chi connectivity index (χ4v) is 4.12. The molecule has 92 valence electrons. The van der Waals surface area contributed by atoms with E-state index in [-0.39, 0.29) is 47.6 Å². The van der Waals surface area contributed by atoms with E-state index >= 15 is 0 Å². The van der Waals surface area contributed by atoms with E-state index in [0.717, 1.165) is 6.42 Å². The van der Waals surface area contributed by atoms with E-state index in [2.05, 4.69) is 26.0 Å². The molecule has 1 saturated carbocycles. The van der Waals surface area contributed by atoms with Gasteiger partial charge < -0.3 is 5.11 Å². The molecule has 1 heterocycles. The molecule has 4 heteroatoms. The number of carbonyl (C=O) groups is 2. The number of rotatable bonds is 2. The number of allylic oxidation sites excluding steroid dienone is 2. The number of aliphatic hydroxyl groups is 1. The lowest BCUT2D eigenvalue weighted by atomic mass is 9.73. The second kappa shape index (κ2) is 2.99. The monoisotopic (exact) mass is 235 g/mol. The predicted molar refractivity (Wildman–Crippen MR) is 60.8 cm³/mol. The molecule has 3 rings (SSSR count). The molecule has 2 fully saturated rings. The molecule has 4 nitrogen and oxygen atoms in total. The van der Waals surface area contributed by atoms with Crippen molar-refractivity contribution in [2.45, 2.75) is 20.3 Å². The molecule has 0 unspecified atom stereocenters. The lowest BCUT2D eigenvalue weighted by Crippen LogP contribution is -2.37. The summed E-state index contributed by atoms with van der Waals surface area (Å²) < 4.78 is 0. The normalized spacial score (nSPS) is 47.1. The van der Waals surface area contributed by atoms with Crippen molar-refractivity contribution in [1.82, 2.24) is 4.90 Å². The number of amides is 2. The first-order valence-electron chi connectivity index (χ1n) is 6.09. The molecule has 1 N–H and O–H groups in total. The minimum absolute atomic E-state index is 0.0929. The molecule has 0 aromatic carbocycles. The van der Waals surface area contributed by atoms with Crippen LogP contribution in [0.2, 0.25) is 0 Å². The zero-order chi connectivity index (χ0) is 12.4. The number of nitrogens with zero attached hydrogens (tertiary/aromatic N) is 1. The van der Waals surface area contributed by atoms with Crippen molar-refractivity contribution < 1.29 is 14.7 Å². The van der Waals surface area contributed by atoms with Gasteiger partial charge in [-0.2, -0.15) is 0 Å². The van der Waals surface area contributed by atoms with Gasteiger partial charge in [-0.1, -0.05) is 26.0 Å². The smallest absolute Gasteiger partial charge is 0.234 e. The Kier molecular flexibility index (Phi) is 1.93. The van der Waals surface area contributed by atoms with Gasteiger partial charge in [0, 0.05) is 0 Å². The van der Waals surface area contributed by atoms with Crippen molar-refractivity contribution in [2.75, 3.05) is 13.2 Å². The van der Waals surface area contributed by atoms with E-state index in [9.17, 15) is 9.59 Å². The van der Waals surface area contributed by atoms with Gasteiger partial charge in [0.05, 0.1) is 25.0 Å². The number of hydrogen-bond acceptors (Lipinski definition) is 3. The van der Waals surface area contributed by atoms with Crippen LogP contribution in [0.1, 0.15) is 20.3 Å². The van der Waals surface area contributed by atoms with E-state index in [1.807, 2.05) is 0 Å². The third-order valence-electron chi connectivity index (χ3n) is 4.75. The predicted octanol–water partition coefficient (Wildman–Crippen LogP) is 0.566. The molecule has 1 saturated heterocycles. The van der Waals surface area contributed by atoms with Crippen LogP contribution in [0, 0.1) is 22.7 Å². The third-order valence-corrected chi connectivity index (χ3v) is 4.75. The molecule has 3 aliphatic rings. The van der Waals surface area contributed by atoms with Gasteiger partial charge in [0.25, 0.3) is 0 Å². The Bertz CT molecular complexity index is 408.